The monoisotopic (exact) mass is 1410 g/mol. The highest BCUT2D eigenvalue weighted by Crippen LogP contribution is 2.24. The van der Waals surface area contributed by atoms with Crippen molar-refractivity contribution in [3.8, 4) is 0 Å². The van der Waals surface area contributed by atoms with Crippen LogP contribution in [0.4, 0.5) is 4.39 Å². The van der Waals surface area contributed by atoms with Gasteiger partial charge in [0, 0.05) is 69.3 Å². The predicted molar refractivity (Wildman–Crippen MR) is 374 cm³/mol. The fourth-order valence-corrected chi connectivity index (χ4v) is 12.2. The van der Waals surface area contributed by atoms with Crippen molar-refractivity contribution in [2.75, 3.05) is 26.2 Å². The van der Waals surface area contributed by atoms with Crippen LogP contribution < -0.4 is 76.1 Å². The van der Waals surface area contributed by atoms with Gasteiger partial charge in [-0.25, -0.2) is 4.39 Å². The maximum absolute atomic E-state index is 15.4. The fourth-order valence-electron chi connectivity index (χ4n) is 12.2. The number of unbranched alkanes of at least 4 members (excludes halogenated alkanes) is 1. The minimum atomic E-state index is -2.09. The van der Waals surface area contributed by atoms with E-state index in [9.17, 15) is 57.4 Å². The van der Waals surface area contributed by atoms with Gasteiger partial charge in [0.25, 0.3) is 0 Å². The molecule has 0 radical (unpaired) electrons. The number of hydrogen-bond donors (Lipinski definition) is 16. The van der Waals surface area contributed by atoms with E-state index in [2.05, 4.69) is 63.1 Å². The average molecular weight is 1410 g/mol. The SMILES string of the molecule is CC(=O)N[C@H](Cc1ccc2ccccc2c1)C(=O)N[C@H](Cc1ccc(F)cc1)C(=O)N[C@H](Cc1c[nH]c2ccccc12)C(=O)N[C@H]1CC(=O)NC[C@H](C(N)=O)NC(=O)[C@@H]2CCCN2C(=O)[C@@H](CCCCN)NC(=O)[C@H](CC(C)C)NC(=O)[C@@H](CCCN=C(N)N)NC(=O)[C@H](CCC(=O)O)NC1=O. The zero-order chi connectivity index (χ0) is 74.2. The molecular formula is C70H92FN17O14. The van der Waals surface area contributed by atoms with E-state index in [1.165, 1.54) is 24.0 Å². The van der Waals surface area contributed by atoms with Gasteiger partial charge in [0.2, 0.25) is 70.9 Å². The first kappa shape index (κ1) is 78.3. The molecule has 4 aromatic carbocycles. The number of aliphatic carboxylic acids is 1. The van der Waals surface area contributed by atoms with Crippen molar-refractivity contribution in [2.24, 2.45) is 33.8 Å². The van der Waals surface area contributed by atoms with Crippen LogP contribution in [0.5, 0.6) is 0 Å². The van der Waals surface area contributed by atoms with Gasteiger partial charge < -0.3 is 91.1 Å². The molecule has 2 fully saturated rings. The Morgan fingerprint density at radius 2 is 1.25 bits per heavy atom. The Morgan fingerprint density at radius 3 is 1.92 bits per heavy atom. The number of carbonyl (C=O) groups excluding carboxylic acids is 12. The molecule has 3 heterocycles. The third-order valence-electron chi connectivity index (χ3n) is 17.4. The summed E-state index contributed by atoms with van der Waals surface area (Å²) in [6.45, 7) is 4.21. The van der Waals surface area contributed by atoms with Crippen LogP contribution in [0.1, 0.15) is 108 Å². The summed E-state index contributed by atoms with van der Waals surface area (Å²) in [5, 5.41) is 38.3. The van der Waals surface area contributed by atoms with E-state index in [1.807, 2.05) is 36.4 Å². The molecule has 1 aromatic heterocycles. The van der Waals surface area contributed by atoms with Crippen molar-refractivity contribution in [2.45, 2.75) is 171 Å². The second-order valence-electron chi connectivity index (χ2n) is 25.9. The van der Waals surface area contributed by atoms with E-state index in [4.69, 9.17) is 22.9 Å². The Bertz CT molecular complexity index is 3880. The lowest BCUT2D eigenvalue weighted by Crippen LogP contribution is -2.61. The first-order chi connectivity index (χ1) is 48.7. The van der Waals surface area contributed by atoms with E-state index >= 15 is 14.4 Å². The largest absolute Gasteiger partial charge is 0.481 e. The molecule has 0 unspecified atom stereocenters. The number of amides is 12. The number of carboxylic acids is 1. The molecule has 7 rings (SSSR count). The number of H-pyrrole nitrogens is 1. The van der Waals surface area contributed by atoms with Crippen LogP contribution >= 0.6 is 0 Å². The molecule has 0 saturated carbocycles. The molecule has 2 saturated heterocycles. The van der Waals surface area contributed by atoms with E-state index in [0.29, 0.717) is 46.9 Å². The quantitative estimate of drug-likeness (QED) is 0.0170. The number of rotatable bonds is 27. The van der Waals surface area contributed by atoms with Crippen LogP contribution in [0.25, 0.3) is 21.7 Å². The number of aromatic amines is 1. The number of aromatic nitrogens is 1. The van der Waals surface area contributed by atoms with Crippen LogP contribution in [0.15, 0.2) is 102 Å². The van der Waals surface area contributed by atoms with Crippen LogP contribution in [0.3, 0.4) is 0 Å². The fraction of sp³-hybridized carbons (Fsp3) is 0.457. The lowest BCUT2D eigenvalue weighted by Gasteiger charge is -2.31. The van der Waals surface area contributed by atoms with Gasteiger partial charge in [0.05, 0.1) is 6.42 Å². The van der Waals surface area contributed by atoms with E-state index in [1.54, 1.807) is 50.4 Å². The van der Waals surface area contributed by atoms with Crippen LogP contribution in [0.2, 0.25) is 0 Å². The predicted octanol–water partition coefficient (Wildman–Crippen LogP) is -1.04. The molecule has 2 aliphatic rings. The van der Waals surface area contributed by atoms with Crippen molar-refractivity contribution in [3.63, 3.8) is 0 Å². The van der Waals surface area contributed by atoms with Gasteiger partial charge in [-0.2, -0.15) is 0 Å². The maximum atomic E-state index is 15.4. The number of aliphatic imine (C=N–C) groups is 1. The first-order valence-electron chi connectivity index (χ1n) is 34.0. The van der Waals surface area contributed by atoms with E-state index in [0.717, 1.165) is 22.9 Å². The molecule has 0 aliphatic carbocycles. The summed E-state index contributed by atoms with van der Waals surface area (Å²) < 4.78 is 14.4. The van der Waals surface area contributed by atoms with E-state index < -0.39 is 169 Å². The second-order valence-corrected chi connectivity index (χ2v) is 25.9. The van der Waals surface area contributed by atoms with Crippen molar-refractivity contribution in [1.82, 2.24) is 63.1 Å². The van der Waals surface area contributed by atoms with Gasteiger partial charge in [0.15, 0.2) is 5.96 Å². The molecule has 548 valence electrons. The number of carboxylic acid groups (broad SMARTS) is 1. The third kappa shape index (κ3) is 23.5. The Kier molecular flexibility index (Phi) is 29.1. The zero-order valence-corrected chi connectivity index (χ0v) is 57.2. The number of guanidine groups is 1. The number of para-hydroxylation sites is 1. The van der Waals surface area contributed by atoms with Gasteiger partial charge in [0.1, 0.15) is 66.2 Å². The summed E-state index contributed by atoms with van der Waals surface area (Å²) in [4.78, 5) is 194. The summed E-state index contributed by atoms with van der Waals surface area (Å²) in [5.74, 6) is -14.2. The highest BCUT2D eigenvalue weighted by atomic mass is 19.1. The second kappa shape index (κ2) is 37.9. The first-order valence-corrected chi connectivity index (χ1v) is 34.0. The molecule has 0 spiro atoms. The van der Waals surface area contributed by atoms with Crippen molar-refractivity contribution in [1.29, 1.82) is 0 Å². The zero-order valence-electron chi connectivity index (χ0n) is 57.2. The van der Waals surface area contributed by atoms with Gasteiger partial charge in [-0.3, -0.25) is 67.3 Å². The summed E-state index contributed by atoms with van der Waals surface area (Å²) in [6.07, 6.45) is -0.668. The number of hydrogen-bond acceptors (Lipinski definition) is 15. The summed E-state index contributed by atoms with van der Waals surface area (Å²) >= 11 is 0. The molecule has 5 aromatic rings. The van der Waals surface area contributed by atoms with Gasteiger partial charge in [-0.15, -0.1) is 0 Å². The summed E-state index contributed by atoms with van der Waals surface area (Å²) in [5.41, 5.74) is 24.8. The number of benzene rings is 4. The number of carbonyl (C=O) groups is 13. The molecular weight excluding hydrogens is 1320 g/mol. The highest BCUT2D eigenvalue weighted by Gasteiger charge is 2.41. The Labute approximate surface area is 587 Å². The van der Waals surface area contributed by atoms with Gasteiger partial charge >= 0.3 is 5.97 Å². The summed E-state index contributed by atoms with van der Waals surface area (Å²) in [6, 6.07) is 9.18. The number of fused-ring (bicyclic) bond motifs is 3. The lowest BCUT2D eigenvalue weighted by atomic mass is 9.99. The molecule has 12 amide bonds. The number of nitrogens with two attached hydrogens (primary N) is 4. The Morgan fingerprint density at radius 1 is 0.657 bits per heavy atom. The third-order valence-corrected chi connectivity index (χ3v) is 17.4. The average Bonchev–Trinajstić information content (AvgIpc) is 1.58. The molecule has 0 bridgehead atoms. The minimum absolute atomic E-state index is 0.0104. The topological polar surface area (TPSA) is 498 Å². The Balaban J connectivity index is 1.28. The standard InChI is InChI=1S/C70H92FN17O14/c1-38(2)30-51-63(96)82-50(16-8-9-27-72)69(102)88-29-11-18-57(88)68(101)87-56(60(73)93)37-78-58(90)35-55(67(100)81-49(25-26-59(91)92)62(95)80-48(61(94)83-51)17-10-28-76-70(74)75)86-66(99)54(34-44-36-77-47-15-7-6-14-46(44)47)85-65(98)53(32-40-20-23-45(71)24-21-40)84-64(97)52(79-39(3)89)33-41-19-22-42-12-4-5-13-43(42)31-41/h4-7,12-15,19-24,31,36,38,48-57,77H,8-11,16-18,25-30,32-35,37,72H2,1-3H3,(H2,73,93)(H,78,90)(H,79,89)(H,80,95)(H,81,100)(H,82,96)(H,83,94)(H,84,97)(H,85,98)(H,86,99)(H,87,101)(H,91,92)(H4,74,75,76)/t48-,49+,50-,51+,52-,53-,54-,55+,56-,57+/m1/s1. The van der Waals surface area contributed by atoms with Crippen molar-refractivity contribution < 1.29 is 71.8 Å². The molecule has 10 atom stereocenters. The summed E-state index contributed by atoms with van der Waals surface area (Å²) in [7, 11) is 0. The smallest absolute Gasteiger partial charge is 0.303 e. The lowest BCUT2D eigenvalue weighted by molar-refractivity contribution is -0.142. The number of nitrogens with zero attached hydrogens (tertiary/aromatic N) is 2. The number of primary amides is 1. The molecule has 31 nitrogen and oxygen atoms in total. The molecule has 2 aliphatic heterocycles. The molecule has 102 heavy (non-hydrogen) atoms. The van der Waals surface area contributed by atoms with Crippen LogP contribution in [-0.2, 0) is 81.6 Å². The highest BCUT2D eigenvalue weighted by molar-refractivity contribution is 6.01. The van der Waals surface area contributed by atoms with Crippen molar-refractivity contribution in [3.05, 3.63) is 120 Å². The normalized spacial score (nSPS) is 20.6. The molecule has 20 N–H and O–H groups in total. The molecule has 32 heteroatoms. The van der Waals surface area contributed by atoms with E-state index in [-0.39, 0.29) is 82.9 Å². The van der Waals surface area contributed by atoms with Crippen LogP contribution in [-0.4, -0.2) is 184 Å². The van der Waals surface area contributed by atoms with Gasteiger partial charge in [-0.1, -0.05) is 86.6 Å². The van der Waals surface area contributed by atoms with Gasteiger partial charge in [-0.05, 0) is 116 Å². The minimum Gasteiger partial charge on any atom is -0.481 e. The van der Waals surface area contributed by atoms with Crippen molar-refractivity contribution >= 4 is 104 Å². The number of nitrogens with one attached hydrogen (secondary N) is 11. The number of halogens is 1. The Hall–Kier alpha value is -11.0. The maximum Gasteiger partial charge on any atom is 0.303 e. The van der Waals surface area contributed by atoms with Crippen LogP contribution in [0, 0.1) is 11.7 Å².